The van der Waals surface area contributed by atoms with Crippen LogP contribution in [-0.2, 0) is 7.05 Å². The van der Waals surface area contributed by atoms with Gasteiger partial charge in [0.15, 0.2) is 0 Å². The highest BCUT2D eigenvalue weighted by molar-refractivity contribution is 9.10. The maximum atomic E-state index is 12.8. The lowest BCUT2D eigenvalue weighted by molar-refractivity contribution is 0.0723. The Labute approximate surface area is 132 Å². The van der Waals surface area contributed by atoms with Gasteiger partial charge < -0.3 is 4.90 Å². The third-order valence-corrected chi connectivity index (χ3v) is 4.65. The minimum absolute atomic E-state index is 0.0463. The van der Waals surface area contributed by atoms with Crippen LogP contribution in [0, 0.1) is 6.92 Å². The summed E-state index contributed by atoms with van der Waals surface area (Å²) in [7, 11) is 1.80. The molecular formula is C16H18BrN3O. The lowest BCUT2D eigenvalue weighted by Crippen LogP contribution is -2.32. The van der Waals surface area contributed by atoms with Gasteiger partial charge in [-0.15, -0.1) is 0 Å². The Hall–Kier alpha value is -1.62. The van der Waals surface area contributed by atoms with Crippen LogP contribution in [0.1, 0.15) is 40.5 Å². The summed E-state index contributed by atoms with van der Waals surface area (Å²) in [6, 6.07) is 8.64. The van der Waals surface area contributed by atoms with Crippen LogP contribution < -0.4 is 0 Å². The monoisotopic (exact) mass is 347 g/mol. The number of amides is 1. The average molecular weight is 348 g/mol. The summed E-state index contributed by atoms with van der Waals surface area (Å²) >= 11 is 3.42. The highest BCUT2D eigenvalue weighted by atomic mass is 79.9. The second-order valence-electron chi connectivity index (χ2n) is 5.53. The molecule has 1 atom stereocenters. The van der Waals surface area contributed by atoms with E-state index in [4.69, 9.17) is 0 Å². The molecule has 0 aliphatic carbocycles. The largest absolute Gasteiger partial charge is 0.330 e. The van der Waals surface area contributed by atoms with Crippen molar-refractivity contribution in [1.82, 2.24) is 14.7 Å². The van der Waals surface area contributed by atoms with Crippen molar-refractivity contribution in [1.29, 1.82) is 0 Å². The van der Waals surface area contributed by atoms with Gasteiger partial charge in [0.1, 0.15) is 5.69 Å². The number of likely N-dealkylation sites (tertiary alicyclic amines) is 1. The minimum atomic E-state index is 0.0463. The third kappa shape index (κ3) is 2.62. The van der Waals surface area contributed by atoms with Crippen molar-refractivity contribution in [3.8, 4) is 0 Å². The second kappa shape index (κ2) is 5.64. The molecule has 1 aromatic heterocycles. The summed E-state index contributed by atoms with van der Waals surface area (Å²) in [4.78, 5) is 14.8. The molecule has 2 aromatic rings. The van der Waals surface area contributed by atoms with Gasteiger partial charge in [0.2, 0.25) is 0 Å². The summed E-state index contributed by atoms with van der Waals surface area (Å²) in [5, 5.41) is 4.14. The van der Waals surface area contributed by atoms with Gasteiger partial charge >= 0.3 is 0 Å². The average Bonchev–Trinajstić information content (AvgIpc) is 3.07. The van der Waals surface area contributed by atoms with Gasteiger partial charge in [-0.3, -0.25) is 9.48 Å². The Kier molecular flexibility index (Phi) is 3.85. The molecular weight excluding hydrogens is 330 g/mol. The molecule has 0 bridgehead atoms. The van der Waals surface area contributed by atoms with Crippen LogP contribution in [0.3, 0.4) is 0 Å². The summed E-state index contributed by atoms with van der Waals surface area (Å²) in [6.07, 6.45) is 3.73. The first-order valence-corrected chi connectivity index (χ1v) is 7.92. The lowest BCUT2D eigenvalue weighted by atomic mass is 10.0. The first-order chi connectivity index (χ1) is 10.1. The number of rotatable bonds is 2. The zero-order valence-corrected chi connectivity index (χ0v) is 13.8. The first-order valence-electron chi connectivity index (χ1n) is 7.13. The van der Waals surface area contributed by atoms with Crippen LogP contribution in [0.4, 0.5) is 0 Å². The van der Waals surface area contributed by atoms with Crippen molar-refractivity contribution in [3.63, 3.8) is 0 Å². The predicted molar refractivity (Wildman–Crippen MR) is 85.1 cm³/mol. The maximum absolute atomic E-state index is 12.8. The molecule has 1 saturated heterocycles. The van der Waals surface area contributed by atoms with Crippen LogP contribution >= 0.6 is 15.9 Å². The number of halogens is 1. The number of nitrogens with zero attached hydrogens (tertiary/aromatic N) is 3. The van der Waals surface area contributed by atoms with Crippen LogP contribution in [0.25, 0.3) is 0 Å². The van der Waals surface area contributed by atoms with E-state index in [0.29, 0.717) is 5.69 Å². The molecule has 1 aliphatic rings. The Morgan fingerprint density at radius 3 is 2.67 bits per heavy atom. The minimum Gasteiger partial charge on any atom is -0.330 e. The molecule has 110 valence electrons. The highest BCUT2D eigenvalue weighted by Gasteiger charge is 2.32. The topological polar surface area (TPSA) is 38.1 Å². The Morgan fingerprint density at radius 2 is 2.05 bits per heavy atom. The Morgan fingerprint density at radius 1 is 1.33 bits per heavy atom. The number of carbonyl (C=O) groups is 1. The van der Waals surface area contributed by atoms with Crippen LogP contribution in [0.2, 0.25) is 0 Å². The molecule has 3 rings (SSSR count). The summed E-state index contributed by atoms with van der Waals surface area (Å²) in [5.41, 5.74) is 3.07. The summed E-state index contributed by atoms with van der Waals surface area (Å²) in [6.45, 7) is 2.88. The molecule has 1 unspecified atom stereocenters. The quantitative estimate of drug-likeness (QED) is 0.834. The van der Waals surface area contributed by atoms with Gasteiger partial charge in [0.05, 0.1) is 16.7 Å². The van der Waals surface area contributed by atoms with Crippen LogP contribution in [0.5, 0.6) is 0 Å². The fourth-order valence-corrected chi connectivity index (χ4v) is 3.45. The predicted octanol–water partition coefficient (Wildman–Crippen LogP) is 3.47. The normalized spacial score (nSPS) is 18.2. The van der Waals surface area contributed by atoms with E-state index in [1.165, 1.54) is 11.1 Å². The van der Waals surface area contributed by atoms with Crippen molar-refractivity contribution >= 4 is 21.8 Å². The fraction of sp³-hybridized carbons (Fsp3) is 0.375. The number of aryl methyl sites for hydroxylation is 2. The Balaban J connectivity index is 1.90. The number of benzene rings is 1. The van der Waals surface area contributed by atoms with Gasteiger partial charge in [-0.2, -0.15) is 5.10 Å². The van der Waals surface area contributed by atoms with Crippen LogP contribution in [0.15, 0.2) is 34.9 Å². The third-order valence-electron chi connectivity index (χ3n) is 4.07. The molecule has 0 saturated carbocycles. The maximum Gasteiger partial charge on any atom is 0.273 e. The molecule has 2 heterocycles. The Bertz CT molecular complexity index is 643. The SMILES string of the molecule is Cc1ccc(C2CCCN2C(=O)c2c(Br)cnn2C)cc1. The standard InChI is InChI=1S/C16H18BrN3O/c1-11-5-7-12(8-6-11)14-4-3-9-20(14)16(21)15-13(17)10-18-19(15)2/h5-8,10,14H,3-4,9H2,1-2H3. The van der Waals surface area contributed by atoms with Crippen molar-refractivity contribution in [3.05, 3.63) is 51.8 Å². The molecule has 5 heteroatoms. The van der Waals surface area contributed by atoms with E-state index in [2.05, 4.69) is 52.2 Å². The van der Waals surface area contributed by atoms with E-state index in [9.17, 15) is 4.79 Å². The van der Waals surface area contributed by atoms with E-state index < -0.39 is 0 Å². The number of aromatic nitrogens is 2. The molecule has 1 aromatic carbocycles. The molecule has 1 amide bonds. The number of hydrogen-bond acceptors (Lipinski definition) is 2. The van der Waals surface area contributed by atoms with Gasteiger partial charge in [-0.05, 0) is 41.3 Å². The second-order valence-corrected chi connectivity index (χ2v) is 6.39. The number of hydrogen-bond donors (Lipinski definition) is 0. The zero-order chi connectivity index (χ0) is 15.0. The summed E-state index contributed by atoms with van der Waals surface area (Å²) in [5.74, 6) is 0.0463. The molecule has 0 N–H and O–H groups in total. The highest BCUT2D eigenvalue weighted by Crippen LogP contribution is 2.34. The molecule has 0 spiro atoms. The van der Waals surface area contributed by atoms with Crippen molar-refractivity contribution in [2.75, 3.05) is 6.54 Å². The molecule has 0 radical (unpaired) electrons. The van der Waals surface area contributed by atoms with Crippen molar-refractivity contribution in [2.45, 2.75) is 25.8 Å². The zero-order valence-electron chi connectivity index (χ0n) is 12.2. The van der Waals surface area contributed by atoms with E-state index in [1.807, 2.05) is 4.90 Å². The molecule has 1 aliphatic heterocycles. The fourth-order valence-electron chi connectivity index (χ4n) is 2.93. The van der Waals surface area contributed by atoms with Crippen LogP contribution in [-0.4, -0.2) is 27.1 Å². The molecule has 1 fully saturated rings. The summed E-state index contributed by atoms with van der Waals surface area (Å²) < 4.78 is 2.39. The van der Waals surface area contributed by atoms with Crippen molar-refractivity contribution in [2.24, 2.45) is 7.05 Å². The van der Waals surface area contributed by atoms with Gasteiger partial charge in [0, 0.05) is 13.6 Å². The van der Waals surface area contributed by atoms with E-state index >= 15 is 0 Å². The smallest absolute Gasteiger partial charge is 0.273 e. The lowest BCUT2D eigenvalue weighted by Gasteiger charge is -2.25. The molecule has 4 nitrogen and oxygen atoms in total. The molecule has 21 heavy (non-hydrogen) atoms. The van der Waals surface area contributed by atoms with E-state index in [0.717, 1.165) is 23.9 Å². The van der Waals surface area contributed by atoms with Gasteiger partial charge in [-0.1, -0.05) is 29.8 Å². The van der Waals surface area contributed by atoms with Crippen molar-refractivity contribution < 1.29 is 4.79 Å². The van der Waals surface area contributed by atoms with Gasteiger partial charge in [-0.25, -0.2) is 0 Å². The first kappa shape index (κ1) is 14.3. The van der Waals surface area contributed by atoms with E-state index in [1.54, 1.807) is 17.9 Å². The van der Waals surface area contributed by atoms with Gasteiger partial charge in [0.25, 0.3) is 5.91 Å². The number of carbonyl (C=O) groups excluding carboxylic acids is 1. The van der Waals surface area contributed by atoms with E-state index in [-0.39, 0.29) is 11.9 Å².